The predicted molar refractivity (Wildman–Crippen MR) is 324 cm³/mol. The number of anilines is 1. The second kappa shape index (κ2) is 26.2. The van der Waals surface area contributed by atoms with E-state index in [0.29, 0.717) is 29.3 Å². The molecule has 0 unspecified atom stereocenters. The van der Waals surface area contributed by atoms with Crippen LogP contribution >= 0.6 is 0 Å². The molecule has 88 heavy (non-hydrogen) atoms. The maximum Gasteiger partial charge on any atom is 0.411 e. The lowest BCUT2D eigenvalue weighted by atomic mass is 9.44. The summed E-state index contributed by atoms with van der Waals surface area (Å²) < 4.78 is 51.3. The van der Waals surface area contributed by atoms with Gasteiger partial charge in [0.05, 0.1) is 35.1 Å². The molecular formula is C68H76N2O17Si. The Morgan fingerprint density at radius 2 is 1.28 bits per heavy atom. The Kier molecular flexibility index (Phi) is 19.1. The van der Waals surface area contributed by atoms with Crippen LogP contribution in [0.3, 0.4) is 0 Å². The fourth-order valence-corrected chi connectivity index (χ4v) is 16.3. The monoisotopic (exact) mass is 1220 g/mol. The molecule has 19 nitrogen and oxygen atoms in total. The molecule has 3 N–H and O–H groups in total. The standard InChI is InChI=1S/C68H76N2O17Si/c1-10-88(11-2,12-3)87-56(54(45-28-19-14-20-29-45)70-60(74)46-30-21-15-22-31-46)63(77)83-50-38-68(79)59(85-61(75)47-32-23-16-24-33-47)57-66(9,58(73)55(82-42(5)71)53(41(50)4)65(68,7)8)51(37-52-67(57,40-81-52)86-43(6)72)84-62(76)48-34-25-35-49(36-48)69-64(78)80-39-44-26-17-13-18-27-44/h13-36,50-52,54-57,59,79H,10-12,37-40H2,1-9H3,(H,69,78)(H,70,74)/t50-,51-,52+,54-,55+,56+,57-,59-,66+,67-,68+/m0/s1. The van der Waals surface area contributed by atoms with Crippen LogP contribution in [0.2, 0.25) is 18.1 Å². The molecule has 0 radical (unpaired) electrons. The molecule has 11 atom stereocenters. The molecule has 3 fully saturated rings. The van der Waals surface area contributed by atoms with E-state index in [9.17, 15) is 29.1 Å². The van der Waals surface area contributed by atoms with Crippen LogP contribution in [0.1, 0.15) is 123 Å². The normalized spacial score (nSPS) is 25.9. The zero-order valence-corrected chi connectivity index (χ0v) is 51.9. The fourth-order valence-electron chi connectivity index (χ4n) is 13.5. The number of aliphatic hydroxyl groups is 1. The van der Waals surface area contributed by atoms with Crippen LogP contribution in [0.5, 0.6) is 0 Å². The first-order valence-corrected chi connectivity index (χ1v) is 32.3. The van der Waals surface area contributed by atoms with Crippen LogP contribution < -0.4 is 10.6 Å². The van der Waals surface area contributed by atoms with E-state index in [1.54, 1.807) is 124 Å². The Bertz CT molecular complexity index is 3440. The van der Waals surface area contributed by atoms with Crippen LogP contribution in [0.15, 0.2) is 157 Å². The van der Waals surface area contributed by atoms with Crippen molar-refractivity contribution in [1.29, 1.82) is 0 Å². The number of amides is 2. The van der Waals surface area contributed by atoms with Crippen LogP contribution in [0.4, 0.5) is 10.5 Å². The summed E-state index contributed by atoms with van der Waals surface area (Å²) >= 11 is 0. The maximum absolute atomic E-state index is 16.7. The second-order valence-electron chi connectivity index (χ2n) is 23.8. The Balaban J connectivity index is 1.20. The van der Waals surface area contributed by atoms with E-state index in [0.717, 1.165) is 19.4 Å². The number of nitrogens with one attached hydrogen (secondary N) is 2. The van der Waals surface area contributed by atoms with Crippen LogP contribution in [0.25, 0.3) is 0 Å². The minimum absolute atomic E-state index is 0.0231. The van der Waals surface area contributed by atoms with Gasteiger partial charge in [0.25, 0.3) is 5.91 Å². The van der Waals surface area contributed by atoms with Gasteiger partial charge in [-0.3, -0.25) is 24.5 Å². The molecule has 5 aromatic rings. The number of hydrogen-bond donors (Lipinski definition) is 3. The van der Waals surface area contributed by atoms with E-state index in [1.807, 2.05) is 26.8 Å². The van der Waals surface area contributed by atoms with Crippen molar-refractivity contribution in [3.8, 4) is 0 Å². The zero-order valence-electron chi connectivity index (χ0n) is 50.9. The van der Waals surface area contributed by atoms with E-state index in [4.69, 9.17) is 37.6 Å². The quantitative estimate of drug-likeness (QED) is 0.0283. The lowest BCUT2D eigenvalue weighted by Gasteiger charge is -2.67. The zero-order chi connectivity index (χ0) is 63.3. The van der Waals surface area contributed by atoms with E-state index >= 15 is 14.4 Å². The Morgan fingerprint density at radius 1 is 0.705 bits per heavy atom. The minimum atomic E-state index is -2.83. The van der Waals surface area contributed by atoms with E-state index < -0.39 is 140 Å². The maximum atomic E-state index is 16.7. The number of carbonyl (C=O) groups excluding carboxylic acids is 8. The molecule has 1 heterocycles. The van der Waals surface area contributed by atoms with Crippen molar-refractivity contribution < 1.29 is 81.0 Å². The van der Waals surface area contributed by atoms with Gasteiger partial charge in [0, 0.05) is 43.4 Å². The van der Waals surface area contributed by atoms with Gasteiger partial charge in [-0.25, -0.2) is 19.2 Å². The van der Waals surface area contributed by atoms with Crippen molar-refractivity contribution in [3.63, 3.8) is 0 Å². The first kappa shape index (κ1) is 64.2. The summed E-state index contributed by atoms with van der Waals surface area (Å²) in [7, 11) is -2.83. The van der Waals surface area contributed by atoms with Gasteiger partial charge in [0.15, 0.2) is 31.9 Å². The molecule has 2 saturated carbocycles. The summed E-state index contributed by atoms with van der Waals surface area (Å²) in [6, 6.07) is 40.6. The Hall–Kier alpha value is -8.30. The van der Waals surface area contributed by atoms with Gasteiger partial charge >= 0.3 is 35.9 Å². The van der Waals surface area contributed by atoms with E-state index in [2.05, 4.69) is 10.6 Å². The third kappa shape index (κ3) is 12.4. The predicted octanol–water partition coefficient (Wildman–Crippen LogP) is 10.4. The van der Waals surface area contributed by atoms with Gasteiger partial charge in [-0.1, -0.05) is 138 Å². The van der Waals surface area contributed by atoms with Gasteiger partial charge in [-0.05, 0) is 96.7 Å². The lowest BCUT2D eigenvalue weighted by molar-refractivity contribution is -0.345. The summed E-state index contributed by atoms with van der Waals surface area (Å²) in [5, 5.41) is 20.2. The third-order valence-electron chi connectivity index (χ3n) is 18.5. The number of carbonyl (C=O) groups is 8. The topological polar surface area (TPSA) is 255 Å². The molecule has 2 bridgehead atoms. The first-order valence-electron chi connectivity index (χ1n) is 29.8. The highest BCUT2D eigenvalue weighted by atomic mass is 28.4. The van der Waals surface area contributed by atoms with Gasteiger partial charge in [0.2, 0.25) is 0 Å². The smallest absolute Gasteiger partial charge is 0.411 e. The van der Waals surface area contributed by atoms with Crippen molar-refractivity contribution in [2.75, 3.05) is 11.9 Å². The number of ether oxygens (including phenoxy) is 7. The molecule has 20 heteroatoms. The molecule has 5 aromatic carbocycles. The second-order valence-corrected chi connectivity index (χ2v) is 28.6. The molecule has 1 saturated heterocycles. The molecule has 2 amide bonds. The minimum Gasteiger partial charge on any atom is -0.458 e. The van der Waals surface area contributed by atoms with E-state index in [1.165, 1.54) is 43.3 Å². The third-order valence-corrected chi connectivity index (χ3v) is 23.2. The molecule has 0 aromatic heterocycles. The first-order chi connectivity index (χ1) is 41.9. The molecule has 0 spiro atoms. The highest BCUT2D eigenvalue weighted by molar-refractivity contribution is 6.73. The lowest BCUT2D eigenvalue weighted by Crippen LogP contribution is -2.82. The van der Waals surface area contributed by atoms with E-state index in [-0.39, 0.29) is 41.0 Å². The average molecular weight is 1220 g/mol. The van der Waals surface area contributed by atoms with Crippen LogP contribution in [-0.2, 0) is 63.4 Å². The number of ketones is 1. The van der Waals surface area contributed by atoms with Gasteiger partial charge < -0.3 is 48.0 Å². The summed E-state index contributed by atoms with van der Waals surface area (Å²) in [6.07, 6.45) is -11.4. The Morgan fingerprint density at radius 3 is 1.86 bits per heavy atom. The van der Waals surface area contributed by atoms with Gasteiger partial charge in [-0.2, -0.15) is 0 Å². The summed E-state index contributed by atoms with van der Waals surface area (Å²) in [6.45, 7) is 14.0. The summed E-state index contributed by atoms with van der Waals surface area (Å²) in [5.74, 6) is -7.81. The van der Waals surface area contributed by atoms with Crippen molar-refractivity contribution in [3.05, 3.63) is 185 Å². The van der Waals surface area contributed by atoms with Crippen molar-refractivity contribution in [1.82, 2.24) is 5.32 Å². The molecule has 3 aliphatic carbocycles. The fraction of sp³-hybridized carbons (Fsp3) is 0.412. The van der Waals surface area contributed by atoms with Crippen LogP contribution in [0, 0.1) is 16.7 Å². The molecule has 9 rings (SSSR count). The molecular weight excluding hydrogens is 1140 g/mol. The highest BCUT2D eigenvalue weighted by Crippen LogP contribution is 2.65. The van der Waals surface area contributed by atoms with Gasteiger partial charge in [0.1, 0.15) is 36.6 Å². The summed E-state index contributed by atoms with van der Waals surface area (Å²) in [4.78, 5) is 117. The number of hydrogen-bond acceptors (Lipinski definition) is 17. The summed E-state index contributed by atoms with van der Waals surface area (Å²) in [5.41, 5.74) is -6.63. The Labute approximate surface area is 512 Å². The highest BCUT2D eigenvalue weighted by Gasteiger charge is 2.79. The molecule has 464 valence electrons. The number of esters is 5. The number of benzene rings is 5. The number of Topliss-reactive ketones (excluding diaryl/α,β-unsaturated/α-hetero) is 1. The number of fused-ring (bicyclic) bond motifs is 5. The van der Waals surface area contributed by atoms with Crippen molar-refractivity contribution in [2.45, 2.75) is 154 Å². The number of rotatable bonds is 20. The van der Waals surface area contributed by atoms with Crippen molar-refractivity contribution >= 4 is 61.6 Å². The van der Waals surface area contributed by atoms with Crippen molar-refractivity contribution in [2.24, 2.45) is 16.7 Å². The SMILES string of the molecule is CC[Si](CC)(CC)O[C@@H](C(=O)O[C@H]1C[C@@]2(O)[C@@H](OC(=O)c3ccccc3)[C@@H]3[C@]4(OC(C)=O)CO[C@@H]4C[C@H](OC(=O)c4cccc(NC(=O)OCc5ccccc5)c4)[C@@]3(C)C(=O)[C@H](OC(C)=O)C(=C1C)C2(C)C)[C@@H](NC(=O)c1ccccc1)c1ccccc1. The molecule has 1 aliphatic heterocycles. The van der Waals surface area contributed by atoms with Gasteiger partial charge in [-0.15, -0.1) is 0 Å². The van der Waals surface area contributed by atoms with Crippen LogP contribution in [-0.4, -0.2) is 115 Å². The molecule has 4 aliphatic rings. The largest absolute Gasteiger partial charge is 0.458 e. The average Bonchev–Trinajstić information content (AvgIpc) is 0.707.